The molecule has 4 aromatic rings. The Labute approximate surface area is 167 Å². The van der Waals surface area contributed by atoms with E-state index in [1.165, 1.54) is 0 Å². The minimum atomic E-state index is 0.438. The van der Waals surface area contributed by atoms with E-state index in [1.54, 1.807) is 11.3 Å². The predicted molar refractivity (Wildman–Crippen MR) is 112 cm³/mol. The lowest BCUT2D eigenvalue weighted by Crippen LogP contribution is -2.36. The monoisotopic (exact) mass is 391 g/mol. The van der Waals surface area contributed by atoms with Gasteiger partial charge < -0.3 is 10.6 Å². The van der Waals surface area contributed by atoms with E-state index < -0.39 is 0 Å². The molecule has 0 radical (unpaired) electrons. The van der Waals surface area contributed by atoms with Crippen LogP contribution in [0.4, 0.5) is 0 Å². The summed E-state index contributed by atoms with van der Waals surface area (Å²) < 4.78 is 1.94. The Morgan fingerprint density at radius 1 is 1.07 bits per heavy atom. The Morgan fingerprint density at radius 3 is 2.79 bits per heavy atom. The number of nitrogens with zero attached hydrogens (tertiary/aromatic N) is 5. The molecular weight excluding hydrogens is 370 g/mol. The highest BCUT2D eigenvalue weighted by Crippen LogP contribution is 2.21. The number of nitrogens with one attached hydrogen (secondary N) is 2. The maximum absolute atomic E-state index is 4.71. The van der Waals surface area contributed by atoms with Crippen molar-refractivity contribution in [3.05, 3.63) is 70.9 Å². The van der Waals surface area contributed by atoms with Crippen molar-refractivity contribution in [2.75, 3.05) is 6.54 Å². The Morgan fingerprint density at radius 2 is 1.93 bits per heavy atom. The summed E-state index contributed by atoms with van der Waals surface area (Å²) in [5.41, 5.74) is 2.95. The molecule has 2 N–H and O–H groups in total. The third kappa shape index (κ3) is 4.17. The SMILES string of the molecule is CCNC(=NCc1nnc2ccccn12)NCc1nc(-c2ccccc2)cs1. The molecule has 0 saturated carbocycles. The second-order valence-electron chi connectivity index (χ2n) is 6.09. The molecule has 142 valence electrons. The first kappa shape index (κ1) is 18.1. The zero-order chi connectivity index (χ0) is 19.2. The second-order valence-corrected chi connectivity index (χ2v) is 7.03. The van der Waals surface area contributed by atoms with Gasteiger partial charge in [-0.2, -0.15) is 0 Å². The number of fused-ring (bicyclic) bond motifs is 1. The van der Waals surface area contributed by atoms with E-state index >= 15 is 0 Å². The molecule has 0 unspecified atom stereocenters. The van der Waals surface area contributed by atoms with Gasteiger partial charge in [0.1, 0.15) is 11.6 Å². The fraction of sp³-hybridized carbons (Fsp3) is 0.200. The van der Waals surface area contributed by atoms with Crippen LogP contribution in [-0.4, -0.2) is 32.1 Å². The van der Waals surface area contributed by atoms with Gasteiger partial charge in [0.25, 0.3) is 0 Å². The summed E-state index contributed by atoms with van der Waals surface area (Å²) >= 11 is 1.64. The van der Waals surface area contributed by atoms with Crippen molar-refractivity contribution >= 4 is 22.9 Å². The van der Waals surface area contributed by atoms with Crippen LogP contribution < -0.4 is 10.6 Å². The molecule has 0 spiro atoms. The number of rotatable bonds is 6. The molecule has 0 amide bonds. The fourth-order valence-corrected chi connectivity index (χ4v) is 3.53. The zero-order valence-corrected chi connectivity index (χ0v) is 16.4. The van der Waals surface area contributed by atoms with Crippen molar-refractivity contribution in [1.82, 2.24) is 30.2 Å². The van der Waals surface area contributed by atoms with E-state index in [9.17, 15) is 0 Å². The van der Waals surface area contributed by atoms with Gasteiger partial charge in [-0.15, -0.1) is 21.5 Å². The fourth-order valence-electron chi connectivity index (χ4n) is 2.78. The summed E-state index contributed by atoms with van der Waals surface area (Å²) in [6.07, 6.45) is 1.95. The molecule has 0 aliphatic heterocycles. The number of aromatic nitrogens is 4. The van der Waals surface area contributed by atoms with E-state index in [0.717, 1.165) is 40.2 Å². The van der Waals surface area contributed by atoms with Gasteiger partial charge in [-0.05, 0) is 19.1 Å². The van der Waals surface area contributed by atoms with Crippen LogP contribution >= 0.6 is 11.3 Å². The molecule has 4 rings (SSSR count). The second kappa shape index (κ2) is 8.62. The van der Waals surface area contributed by atoms with Gasteiger partial charge in [0, 0.05) is 23.7 Å². The number of guanidine groups is 1. The summed E-state index contributed by atoms with van der Waals surface area (Å²) in [4.78, 5) is 9.34. The van der Waals surface area contributed by atoms with Crippen LogP contribution in [-0.2, 0) is 13.1 Å². The highest BCUT2D eigenvalue weighted by Gasteiger charge is 2.07. The summed E-state index contributed by atoms with van der Waals surface area (Å²) in [7, 11) is 0. The Bertz CT molecular complexity index is 1070. The first-order valence-electron chi connectivity index (χ1n) is 9.14. The van der Waals surface area contributed by atoms with Crippen molar-refractivity contribution < 1.29 is 0 Å². The largest absolute Gasteiger partial charge is 0.357 e. The van der Waals surface area contributed by atoms with E-state index in [0.29, 0.717) is 13.1 Å². The lowest BCUT2D eigenvalue weighted by molar-refractivity contribution is 0.796. The molecule has 0 aliphatic carbocycles. The van der Waals surface area contributed by atoms with E-state index in [4.69, 9.17) is 4.98 Å². The number of hydrogen-bond donors (Lipinski definition) is 2. The molecule has 28 heavy (non-hydrogen) atoms. The Kier molecular flexibility index (Phi) is 5.58. The third-order valence-electron chi connectivity index (χ3n) is 4.14. The first-order valence-corrected chi connectivity index (χ1v) is 10.0. The van der Waals surface area contributed by atoms with Crippen molar-refractivity contribution in [2.45, 2.75) is 20.0 Å². The van der Waals surface area contributed by atoms with Gasteiger partial charge in [0.05, 0.1) is 12.2 Å². The molecule has 0 atom stereocenters. The van der Waals surface area contributed by atoms with Gasteiger partial charge in [0.2, 0.25) is 0 Å². The average Bonchev–Trinajstić information content (AvgIpc) is 3.38. The quantitative estimate of drug-likeness (QED) is 0.390. The van der Waals surface area contributed by atoms with Crippen molar-refractivity contribution in [1.29, 1.82) is 0 Å². The van der Waals surface area contributed by atoms with E-state index in [1.807, 2.05) is 53.9 Å². The number of pyridine rings is 1. The van der Waals surface area contributed by atoms with Crippen LogP contribution in [0.25, 0.3) is 16.9 Å². The molecule has 0 bridgehead atoms. The van der Waals surface area contributed by atoms with Gasteiger partial charge in [-0.3, -0.25) is 4.40 Å². The molecular formula is C20H21N7S. The van der Waals surface area contributed by atoms with Gasteiger partial charge in [-0.25, -0.2) is 9.98 Å². The molecule has 0 aliphatic rings. The number of thiazole rings is 1. The van der Waals surface area contributed by atoms with E-state index in [-0.39, 0.29) is 0 Å². The van der Waals surface area contributed by atoms with Crippen LogP contribution in [0.2, 0.25) is 0 Å². The average molecular weight is 392 g/mol. The molecule has 1 aromatic carbocycles. The highest BCUT2D eigenvalue weighted by atomic mass is 32.1. The molecule has 0 fully saturated rings. The summed E-state index contributed by atoms with van der Waals surface area (Å²) in [5.74, 6) is 1.53. The smallest absolute Gasteiger partial charge is 0.192 e. The highest BCUT2D eigenvalue weighted by molar-refractivity contribution is 7.09. The minimum Gasteiger partial charge on any atom is -0.357 e. The van der Waals surface area contributed by atoms with Crippen LogP contribution in [0.5, 0.6) is 0 Å². The standard InChI is InChI=1S/C20H21N7S/c1-2-21-20(22-12-18-26-25-17-10-6-7-11-27(17)18)23-13-19-24-16(14-28-19)15-8-4-3-5-9-15/h3-11,14H,2,12-13H2,1H3,(H2,21,22,23). The zero-order valence-electron chi connectivity index (χ0n) is 15.5. The molecule has 7 nitrogen and oxygen atoms in total. The number of hydrogen-bond acceptors (Lipinski definition) is 5. The first-order chi connectivity index (χ1) is 13.8. The third-order valence-corrected chi connectivity index (χ3v) is 4.98. The topological polar surface area (TPSA) is 79.5 Å². The summed E-state index contributed by atoms with van der Waals surface area (Å²) in [5, 5.41) is 18.1. The summed E-state index contributed by atoms with van der Waals surface area (Å²) in [6.45, 7) is 3.87. The lowest BCUT2D eigenvalue weighted by atomic mass is 10.2. The van der Waals surface area contributed by atoms with Crippen molar-refractivity contribution in [3.8, 4) is 11.3 Å². The molecule has 3 aromatic heterocycles. The van der Waals surface area contributed by atoms with Crippen molar-refractivity contribution in [2.24, 2.45) is 4.99 Å². The normalized spacial score (nSPS) is 11.7. The minimum absolute atomic E-state index is 0.438. The Hall–Kier alpha value is -3.26. The Balaban J connectivity index is 1.42. The molecule has 3 heterocycles. The van der Waals surface area contributed by atoms with Crippen molar-refractivity contribution in [3.63, 3.8) is 0 Å². The van der Waals surface area contributed by atoms with Gasteiger partial charge >= 0.3 is 0 Å². The van der Waals surface area contributed by atoms with Gasteiger partial charge in [-0.1, -0.05) is 36.4 Å². The lowest BCUT2D eigenvalue weighted by Gasteiger charge is -2.09. The number of aliphatic imine (C=N–C) groups is 1. The van der Waals surface area contributed by atoms with Crippen LogP contribution in [0.3, 0.4) is 0 Å². The maximum Gasteiger partial charge on any atom is 0.192 e. The molecule has 8 heteroatoms. The maximum atomic E-state index is 4.71. The molecule has 0 saturated heterocycles. The van der Waals surface area contributed by atoms with E-state index in [2.05, 4.69) is 43.3 Å². The number of benzene rings is 1. The summed E-state index contributed by atoms with van der Waals surface area (Å²) in [6, 6.07) is 16.0. The van der Waals surface area contributed by atoms with Gasteiger partial charge in [0.15, 0.2) is 17.4 Å². The van der Waals surface area contributed by atoms with Crippen LogP contribution in [0, 0.1) is 0 Å². The van der Waals surface area contributed by atoms with Crippen LogP contribution in [0.15, 0.2) is 65.1 Å². The predicted octanol–water partition coefficient (Wildman–Crippen LogP) is 3.11. The van der Waals surface area contributed by atoms with Crippen LogP contribution in [0.1, 0.15) is 17.8 Å².